The first-order valence-corrected chi connectivity index (χ1v) is 15.1. The number of carboxylic acids is 1. The zero-order valence-corrected chi connectivity index (χ0v) is 23.2. The van der Waals surface area contributed by atoms with Crippen molar-refractivity contribution in [2.45, 2.75) is 62.7 Å². The predicted octanol–water partition coefficient (Wildman–Crippen LogP) is 0.731. The van der Waals surface area contributed by atoms with Crippen molar-refractivity contribution in [2.75, 3.05) is 30.6 Å². The standard InChI is InChI=1S/C25H41N5O5S2/c1-36-14-11-18(27)22(31)28-19(12-15-37-2)23(32)30-21(16-17-8-4-3-5-9-17)24(33)29-20(25(34)35)10-6-7-13-26/h3-5,8-9,18-21H,6-7,10-16,26-27H2,1-2H3,(H,28,31)(H,29,33)(H,30,32)(H,34,35). The third-order valence-electron chi connectivity index (χ3n) is 5.69. The van der Waals surface area contributed by atoms with Gasteiger partial charge < -0.3 is 32.5 Å². The van der Waals surface area contributed by atoms with Crippen LogP contribution >= 0.6 is 23.5 Å². The lowest BCUT2D eigenvalue weighted by Crippen LogP contribution is -2.57. The molecular weight excluding hydrogens is 514 g/mol. The van der Waals surface area contributed by atoms with Crippen LogP contribution in [0.1, 0.15) is 37.7 Å². The summed E-state index contributed by atoms with van der Waals surface area (Å²) < 4.78 is 0. The molecule has 208 valence electrons. The summed E-state index contributed by atoms with van der Waals surface area (Å²) in [4.78, 5) is 50.8. The molecular formula is C25H41N5O5S2. The molecule has 0 saturated heterocycles. The second-order valence-corrected chi connectivity index (χ2v) is 10.6. The summed E-state index contributed by atoms with van der Waals surface area (Å²) in [5.74, 6) is -1.39. The van der Waals surface area contributed by atoms with Crippen LogP contribution in [0.2, 0.25) is 0 Å². The molecule has 37 heavy (non-hydrogen) atoms. The first-order valence-electron chi connectivity index (χ1n) is 12.3. The largest absolute Gasteiger partial charge is 0.480 e. The molecule has 1 rings (SSSR count). The van der Waals surface area contributed by atoms with E-state index in [-0.39, 0.29) is 12.8 Å². The lowest BCUT2D eigenvalue weighted by Gasteiger charge is -2.25. The maximum Gasteiger partial charge on any atom is 0.326 e. The zero-order chi connectivity index (χ0) is 27.6. The summed E-state index contributed by atoms with van der Waals surface area (Å²) in [7, 11) is 0. The Balaban J connectivity index is 3.04. The van der Waals surface area contributed by atoms with E-state index < -0.39 is 47.9 Å². The number of nitrogens with one attached hydrogen (secondary N) is 3. The van der Waals surface area contributed by atoms with Crippen LogP contribution < -0.4 is 27.4 Å². The van der Waals surface area contributed by atoms with Crippen molar-refractivity contribution >= 4 is 47.2 Å². The van der Waals surface area contributed by atoms with Gasteiger partial charge in [-0.2, -0.15) is 23.5 Å². The van der Waals surface area contributed by atoms with Gasteiger partial charge in [0, 0.05) is 6.42 Å². The third-order valence-corrected chi connectivity index (χ3v) is 6.98. The van der Waals surface area contributed by atoms with Crippen LogP contribution in [0.3, 0.4) is 0 Å². The molecule has 1 aromatic rings. The first-order chi connectivity index (χ1) is 17.7. The van der Waals surface area contributed by atoms with Gasteiger partial charge in [0.1, 0.15) is 18.1 Å². The van der Waals surface area contributed by atoms with Crippen molar-refractivity contribution in [1.82, 2.24) is 16.0 Å². The van der Waals surface area contributed by atoms with E-state index in [1.165, 1.54) is 11.8 Å². The zero-order valence-electron chi connectivity index (χ0n) is 21.6. The summed E-state index contributed by atoms with van der Waals surface area (Å²) in [5, 5.41) is 17.6. The minimum atomic E-state index is -1.15. The highest BCUT2D eigenvalue weighted by atomic mass is 32.2. The molecule has 8 N–H and O–H groups in total. The normalized spacial score (nSPS) is 14.2. The second-order valence-electron chi connectivity index (χ2n) is 8.67. The maximum absolute atomic E-state index is 13.3. The number of unbranched alkanes of at least 4 members (excludes halogenated alkanes) is 1. The summed E-state index contributed by atoms with van der Waals surface area (Å²) in [5.41, 5.74) is 12.3. The molecule has 0 aliphatic rings. The summed E-state index contributed by atoms with van der Waals surface area (Å²) in [6, 6.07) is 5.34. The van der Waals surface area contributed by atoms with Gasteiger partial charge in [-0.15, -0.1) is 0 Å². The molecule has 0 saturated carbocycles. The summed E-state index contributed by atoms with van der Waals surface area (Å²) in [6.45, 7) is 0.428. The van der Waals surface area contributed by atoms with Crippen LogP contribution in [-0.2, 0) is 25.6 Å². The molecule has 3 amide bonds. The van der Waals surface area contributed by atoms with Crippen molar-refractivity contribution in [2.24, 2.45) is 11.5 Å². The Morgan fingerprint density at radius 2 is 1.38 bits per heavy atom. The van der Waals surface area contributed by atoms with Crippen LogP contribution in [-0.4, -0.2) is 83.5 Å². The molecule has 4 atom stereocenters. The summed E-state index contributed by atoms with van der Waals surface area (Å²) >= 11 is 3.10. The fraction of sp³-hybridized carbons (Fsp3) is 0.600. The van der Waals surface area contributed by atoms with E-state index in [1.807, 2.05) is 42.8 Å². The highest BCUT2D eigenvalue weighted by Crippen LogP contribution is 2.09. The SMILES string of the molecule is CSCCC(N)C(=O)NC(CCSC)C(=O)NC(Cc1ccccc1)C(=O)NC(CCCCN)C(=O)O. The van der Waals surface area contributed by atoms with Crippen LogP contribution in [0.15, 0.2) is 30.3 Å². The van der Waals surface area contributed by atoms with Crippen molar-refractivity contribution in [1.29, 1.82) is 0 Å². The Hall–Kier alpha value is -2.28. The Morgan fingerprint density at radius 3 is 1.97 bits per heavy atom. The lowest BCUT2D eigenvalue weighted by molar-refractivity contribution is -0.142. The van der Waals surface area contributed by atoms with E-state index in [2.05, 4.69) is 16.0 Å². The Labute approximate surface area is 227 Å². The number of carbonyl (C=O) groups is 4. The predicted molar refractivity (Wildman–Crippen MR) is 150 cm³/mol. The van der Waals surface area contributed by atoms with Gasteiger partial charge in [0.25, 0.3) is 0 Å². The second kappa shape index (κ2) is 18.9. The minimum absolute atomic E-state index is 0.157. The lowest BCUT2D eigenvalue weighted by atomic mass is 10.0. The molecule has 12 heteroatoms. The molecule has 0 bridgehead atoms. The van der Waals surface area contributed by atoms with Gasteiger partial charge in [0.05, 0.1) is 6.04 Å². The summed E-state index contributed by atoms with van der Waals surface area (Å²) in [6.07, 6.45) is 6.21. The number of thioether (sulfide) groups is 2. The van der Waals surface area contributed by atoms with E-state index in [4.69, 9.17) is 11.5 Å². The highest BCUT2D eigenvalue weighted by Gasteiger charge is 2.30. The van der Waals surface area contributed by atoms with E-state index in [0.29, 0.717) is 43.7 Å². The van der Waals surface area contributed by atoms with Crippen molar-refractivity contribution in [3.8, 4) is 0 Å². The molecule has 0 aliphatic carbocycles. The van der Waals surface area contributed by atoms with Gasteiger partial charge in [-0.3, -0.25) is 14.4 Å². The first kappa shape index (κ1) is 32.7. The molecule has 4 unspecified atom stereocenters. The number of rotatable bonds is 19. The molecule has 0 aliphatic heterocycles. The van der Waals surface area contributed by atoms with Crippen LogP contribution in [0, 0.1) is 0 Å². The average molecular weight is 556 g/mol. The van der Waals surface area contributed by atoms with Gasteiger partial charge >= 0.3 is 5.97 Å². The molecule has 10 nitrogen and oxygen atoms in total. The highest BCUT2D eigenvalue weighted by molar-refractivity contribution is 7.98. The monoisotopic (exact) mass is 555 g/mol. The van der Waals surface area contributed by atoms with Gasteiger partial charge in [0.2, 0.25) is 17.7 Å². The van der Waals surface area contributed by atoms with Crippen LogP contribution in [0.4, 0.5) is 0 Å². The van der Waals surface area contributed by atoms with E-state index in [1.54, 1.807) is 11.8 Å². The van der Waals surface area contributed by atoms with Crippen molar-refractivity contribution in [3.05, 3.63) is 35.9 Å². The molecule has 0 fully saturated rings. The number of carboxylic acid groups (broad SMARTS) is 1. The van der Waals surface area contributed by atoms with E-state index >= 15 is 0 Å². The molecule has 0 radical (unpaired) electrons. The average Bonchev–Trinajstić information content (AvgIpc) is 2.88. The number of hydrogen-bond donors (Lipinski definition) is 6. The molecule has 0 aromatic heterocycles. The number of nitrogens with two attached hydrogens (primary N) is 2. The fourth-order valence-corrected chi connectivity index (χ4v) is 4.47. The van der Waals surface area contributed by atoms with Crippen LogP contribution in [0.25, 0.3) is 0 Å². The van der Waals surface area contributed by atoms with Gasteiger partial charge in [-0.05, 0) is 68.2 Å². The number of aliphatic carboxylic acids is 1. The Kier molecular flexibility index (Phi) is 16.7. The number of hydrogen-bond acceptors (Lipinski definition) is 8. The molecule has 0 heterocycles. The van der Waals surface area contributed by atoms with Crippen molar-refractivity contribution in [3.63, 3.8) is 0 Å². The number of amides is 3. The fourth-order valence-electron chi connectivity index (χ4n) is 3.51. The van der Waals surface area contributed by atoms with Crippen LogP contribution in [0.5, 0.6) is 0 Å². The maximum atomic E-state index is 13.3. The van der Waals surface area contributed by atoms with Gasteiger partial charge in [-0.1, -0.05) is 30.3 Å². The van der Waals surface area contributed by atoms with Crippen molar-refractivity contribution < 1.29 is 24.3 Å². The third kappa shape index (κ3) is 13.2. The smallest absolute Gasteiger partial charge is 0.326 e. The van der Waals surface area contributed by atoms with E-state index in [0.717, 1.165) is 5.56 Å². The minimum Gasteiger partial charge on any atom is -0.480 e. The Morgan fingerprint density at radius 1 is 0.811 bits per heavy atom. The van der Waals surface area contributed by atoms with E-state index in [9.17, 15) is 24.3 Å². The van der Waals surface area contributed by atoms with Gasteiger partial charge in [0.15, 0.2) is 0 Å². The Bertz CT molecular complexity index is 846. The molecule has 1 aromatic carbocycles. The molecule has 0 spiro atoms. The quantitative estimate of drug-likeness (QED) is 0.134. The number of benzene rings is 1. The number of carbonyl (C=O) groups excluding carboxylic acids is 3. The topological polar surface area (TPSA) is 177 Å². The van der Waals surface area contributed by atoms with Gasteiger partial charge in [-0.25, -0.2) is 4.79 Å².